The molecule has 1 aliphatic rings. The van der Waals surface area contributed by atoms with E-state index in [4.69, 9.17) is 9.47 Å². The van der Waals surface area contributed by atoms with E-state index < -0.39 is 9.84 Å². The average Bonchev–Trinajstić information content (AvgIpc) is 2.90. The lowest BCUT2D eigenvalue weighted by molar-refractivity contribution is -0.121. The van der Waals surface area contributed by atoms with Crippen LogP contribution < -0.4 is 14.9 Å². The van der Waals surface area contributed by atoms with E-state index >= 15 is 0 Å². The number of benzene rings is 1. The van der Waals surface area contributed by atoms with Crippen LogP contribution >= 0.6 is 0 Å². The molecule has 0 spiro atoms. The molecule has 0 aromatic heterocycles. The zero-order valence-electron chi connectivity index (χ0n) is 14.0. The number of carbonyl (C=O) groups excluding carboxylic acids is 1. The van der Waals surface area contributed by atoms with Crippen molar-refractivity contribution in [1.82, 2.24) is 5.43 Å². The molecule has 1 heterocycles. The van der Waals surface area contributed by atoms with Crippen molar-refractivity contribution in [2.45, 2.75) is 19.8 Å². The Bertz CT molecular complexity index is 743. The van der Waals surface area contributed by atoms with Crippen molar-refractivity contribution < 1.29 is 22.7 Å². The number of hydrazone groups is 1. The predicted molar refractivity (Wildman–Crippen MR) is 91.3 cm³/mol. The van der Waals surface area contributed by atoms with Crippen LogP contribution in [0.1, 0.15) is 25.3 Å². The minimum atomic E-state index is -2.98. The van der Waals surface area contributed by atoms with E-state index in [1.54, 1.807) is 39.3 Å². The van der Waals surface area contributed by atoms with Gasteiger partial charge in [-0.25, -0.2) is 13.8 Å². The molecular weight excluding hydrogens is 332 g/mol. The lowest BCUT2D eigenvalue weighted by Crippen LogP contribution is -2.22. The van der Waals surface area contributed by atoms with Gasteiger partial charge in [-0.15, -0.1) is 0 Å². The molecule has 24 heavy (non-hydrogen) atoms. The van der Waals surface area contributed by atoms with E-state index in [1.807, 2.05) is 0 Å². The van der Waals surface area contributed by atoms with Crippen LogP contribution in [-0.4, -0.2) is 45.8 Å². The second-order valence-corrected chi connectivity index (χ2v) is 8.00. The van der Waals surface area contributed by atoms with Gasteiger partial charge in [0.15, 0.2) is 9.84 Å². The summed E-state index contributed by atoms with van der Waals surface area (Å²) in [4.78, 5) is 12.0. The van der Waals surface area contributed by atoms with Gasteiger partial charge in [-0.05, 0) is 37.5 Å². The molecule has 1 N–H and O–H groups in total. The van der Waals surface area contributed by atoms with Gasteiger partial charge >= 0.3 is 0 Å². The fourth-order valence-electron chi connectivity index (χ4n) is 2.64. The summed E-state index contributed by atoms with van der Waals surface area (Å²) in [5.41, 5.74) is 3.76. The summed E-state index contributed by atoms with van der Waals surface area (Å²) in [6.45, 7) is 1.75. The third kappa shape index (κ3) is 4.70. The first kappa shape index (κ1) is 18.3. The number of sulfone groups is 1. The van der Waals surface area contributed by atoms with Gasteiger partial charge in [0, 0.05) is 12.0 Å². The summed E-state index contributed by atoms with van der Waals surface area (Å²) in [5.74, 6) is 1.09. The second kappa shape index (κ2) is 7.65. The Labute approximate surface area is 142 Å². The summed E-state index contributed by atoms with van der Waals surface area (Å²) in [6, 6.07) is 5.31. The highest BCUT2D eigenvalue weighted by Crippen LogP contribution is 2.24. The molecule has 8 heteroatoms. The SMILES string of the molecule is COc1ccc(OC)c(/C(C)=N\NC(=O)C[C@H]2CCS(=O)(=O)C2)c1. The van der Waals surface area contributed by atoms with Crippen LogP contribution in [0.2, 0.25) is 0 Å². The predicted octanol–water partition coefficient (Wildman–Crippen LogP) is 1.37. The van der Waals surface area contributed by atoms with Gasteiger partial charge in [-0.2, -0.15) is 5.10 Å². The Morgan fingerprint density at radius 1 is 1.33 bits per heavy atom. The zero-order valence-corrected chi connectivity index (χ0v) is 14.9. The minimum Gasteiger partial charge on any atom is -0.497 e. The number of rotatable bonds is 6. The molecule has 0 bridgehead atoms. The quantitative estimate of drug-likeness (QED) is 0.615. The molecule has 132 valence electrons. The Hall–Kier alpha value is -2.09. The molecule has 0 radical (unpaired) electrons. The highest BCUT2D eigenvalue weighted by Gasteiger charge is 2.29. The van der Waals surface area contributed by atoms with Crippen LogP contribution in [0.15, 0.2) is 23.3 Å². The molecule has 1 atom stereocenters. The van der Waals surface area contributed by atoms with Crippen molar-refractivity contribution in [2.75, 3.05) is 25.7 Å². The van der Waals surface area contributed by atoms with Crippen LogP contribution in [-0.2, 0) is 14.6 Å². The normalized spacial score (nSPS) is 19.8. The Morgan fingerprint density at radius 2 is 2.08 bits per heavy atom. The van der Waals surface area contributed by atoms with Crippen molar-refractivity contribution in [2.24, 2.45) is 11.0 Å². The molecule has 0 saturated carbocycles. The first-order valence-corrected chi connectivity index (χ1v) is 9.42. The highest BCUT2D eigenvalue weighted by molar-refractivity contribution is 7.91. The van der Waals surface area contributed by atoms with Gasteiger partial charge in [0.2, 0.25) is 5.91 Å². The molecular formula is C16H22N2O5S. The Morgan fingerprint density at radius 3 is 2.67 bits per heavy atom. The minimum absolute atomic E-state index is 0.0762. The van der Waals surface area contributed by atoms with Gasteiger partial charge in [0.25, 0.3) is 0 Å². The molecule has 0 unspecified atom stereocenters. The second-order valence-electron chi connectivity index (χ2n) is 5.77. The number of carbonyl (C=O) groups is 1. The van der Waals surface area contributed by atoms with Crippen molar-refractivity contribution in [1.29, 1.82) is 0 Å². The van der Waals surface area contributed by atoms with E-state index in [9.17, 15) is 13.2 Å². The van der Waals surface area contributed by atoms with Crippen LogP contribution in [0, 0.1) is 5.92 Å². The molecule has 1 aliphatic heterocycles. The Balaban J connectivity index is 2.02. The van der Waals surface area contributed by atoms with Gasteiger partial charge in [-0.1, -0.05) is 0 Å². The number of nitrogens with one attached hydrogen (secondary N) is 1. The maximum absolute atomic E-state index is 12.0. The van der Waals surface area contributed by atoms with Crippen molar-refractivity contribution in [3.63, 3.8) is 0 Å². The number of amides is 1. The van der Waals surface area contributed by atoms with Crippen molar-refractivity contribution >= 4 is 21.5 Å². The summed E-state index contributed by atoms with van der Waals surface area (Å²) < 4.78 is 33.3. The smallest absolute Gasteiger partial charge is 0.240 e. The lowest BCUT2D eigenvalue weighted by atomic mass is 10.1. The van der Waals surface area contributed by atoms with Crippen molar-refractivity contribution in [3.8, 4) is 11.5 Å². The topological polar surface area (TPSA) is 94.1 Å². The summed E-state index contributed by atoms with van der Waals surface area (Å²) in [7, 11) is 0.140. The third-order valence-corrected chi connectivity index (χ3v) is 5.78. The maximum Gasteiger partial charge on any atom is 0.240 e. The average molecular weight is 354 g/mol. The standard InChI is InChI=1S/C16H22N2O5S/c1-11(14-9-13(22-2)4-5-15(14)23-3)17-18-16(19)8-12-6-7-24(20,21)10-12/h4-5,9,12H,6-8,10H2,1-3H3,(H,18,19)/b17-11-/t12-/m1/s1. The van der Waals surface area contributed by atoms with E-state index in [-0.39, 0.29) is 29.8 Å². The van der Waals surface area contributed by atoms with Crippen LogP contribution in [0.4, 0.5) is 0 Å². The Kier molecular flexibility index (Phi) is 5.82. The van der Waals surface area contributed by atoms with E-state index in [2.05, 4.69) is 10.5 Å². The number of hydrogen-bond donors (Lipinski definition) is 1. The zero-order chi connectivity index (χ0) is 17.7. The first-order valence-electron chi connectivity index (χ1n) is 7.60. The van der Waals surface area contributed by atoms with Crippen LogP contribution in [0.5, 0.6) is 11.5 Å². The number of hydrogen-bond acceptors (Lipinski definition) is 6. The molecule has 1 aromatic rings. The fraction of sp³-hybridized carbons (Fsp3) is 0.500. The van der Waals surface area contributed by atoms with Crippen molar-refractivity contribution in [3.05, 3.63) is 23.8 Å². The first-order chi connectivity index (χ1) is 11.3. The van der Waals surface area contributed by atoms with E-state index in [0.29, 0.717) is 29.2 Å². The maximum atomic E-state index is 12.0. The largest absolute Gasteiger partial charge is 0.497 e. The summed E-state index contributed by atoms with van der Waals surface area (Å²) in [5, 5.41) is 4.09. The number of methoxy groups -OCH3 is 2. The summed E-state index contributed by atoms with van der Waals surface area (Å²) >= 11 is 0. The van der Waals surface area contributed by atoms with E-state index in [1.165, 1.54) is 0 Å². The summed E-state index contributed by atoms with van der Waals surface area (Å²) in [6.07, 6.45) is 0.688. The molecule has 1 aromatic carbocycles. The van der Waals surface area contributed by atoms with Gasteiger partial charge in [0.05, 0.1) is 31.4 Å². The number of ether oxygens (including phenoxy) is 2. The molecule has 1 amide bonds. The molecule has 0 aliphatic carbocycles. The molecule has 7 nitrogen and oxygen atoms in total. The molecule has 2 rings (SSSR count). The van der Waals surface area contributed by atoms with Gasteiger partial charge < -0.3 is 9.47 Å². The highest BCUT2D eigenvalue weighted by atomic mass is 32.2. The van der Waals surface area contributed by atoms with Crippen LogP contribution in [0.3, 0.4) is 0 Å². The lowest BCUT2D eigenvalue weighted by Gasteiger charge is -2.11. The van der Waals surface area contributed by atoms with Crippen LogP contribution in [0.25, 0.3) is 0 Å². The molecule has 1 fully saturated rings. The third-order valence-electron chi connectivity index (χ3n) is 3.95. The molecule has 1 saturated heterocycles. The monoisotopic (exact) mass is 354 g/mol. The fourth-order valence-corrected chi connectivity index (χ4v) is 4.51. The van der Waals surface area contributed by atoms with Gasteiger partial charge in [0.1, 0.15) is 11.5 Å². The van der Waals surface area contributed by atoms with E-state index in [0.717, 1.165) is 0 Å². The number of nitrogens with zero attached hydrogens (tertiary/aromatic N) is 1. The van der Waals surface area contributed by atoms with Gasteiger partial charge in [-0.3, -0.25) is 4.79 Å².